The molecule has 0 bridgehead atoms. The van der Waals surface area contributed by atoms with Gasteiger partial charge < -0.3 is 20.3 Å². The van der Waals surface area contributed by atoms with E-state index in [0.717, 1.165) is 41.6 Å². The summed E-state index contributed by atoms with van der Waals surface area (Å²) in [5.41, 5.74) is 3.05. The van der Waals surface area contributed by atoms with Gasteiger partial charge in [0.15, 0.2) is 5.13 Å². The number of anilines is 4. The first kappa shape index (κ1) is 20.4. The zero-order valence-electron chi connectivity index (χ0n) is 17.2. The summed E-state index contributed by atoms with van der Waals surface area (Å²) in [6, 6.07) is 12.6. The summed E-state index contributed by atoms with van der Waals surface area (Å²) in [6.07, 6.45) is 0.435. The molecule has 9 nitrogen and oxygen atoms in total. The third kappa shape index (κ3) is 4.14. The standard InChI is InChI=1S/C22H21N5O4S/c28-19-7-8-20(29)27(19)22-25-17-6-3-15(13-18(17)32-22)24-21(30)23-14-1-4-16(5-2-14)26-9-11-31-12-10-26/h1-6,13H,7-12H2,(H2,23,24,30). The number of aromatic nitrogens is 1. The van der Waals surface area contributed by atoms with E-state index in [9.17, 15) is 14.4 Å². The molecule has 2 aromatic carbocycles. The number of urea groups is 1. The number of imide groups is 1. The number of carbonyl (C=O) groups is 3. The summed E-state index contributed by atoms with van der Waals surface area (Å²) in [7, 11) is 0. The van der Waals surface area contributed by atoms with E-state index in [4.69, 9.17) is 4.74 Å². The Morgan fingerprint density at radius 2 is 1.59 bits per heavy atom. The molecule has 164 valence electrons. The number of hydrogen-bond donors (Lipinski definition) is 2. The van der Waals surface area contributed by atoms with Crippen LogP contribution in [0.1, 0.15) is 12.8 Å². The number of fused-ring (bicyclic) bond motifs is 1. The van der Waals surface area contributed by atoms with Crippen LogP contribution in [0, 0.1) is 0 Å². The molecule has 0 atom stereocenters. The van der Waals surface area contributed by atoms with Crippen molar-refractivity contribution < 1.29 is 19.1 Å². The maximum atomic E-state index is 12.4. The van der Waals surface area contributed by atoms with Crippen molar-refractivity contribution in [2.24, 2.45) is 0 Å². The highest BCUT2D eigenvalue weighted by atomic mass is 32.1. The van der Waals surface area contributed by atoms with Gasteiger partial charge in [0.25, 0.3) is 0 Å². The molecule has 3 heterocycles. The van der Waals surface area contributed by atoms with Crippen LogP contribution in [0.15, 0.2) is 42.5 Å². The summed E-state index contributed by atoms with van der Waals surface area (Å²) in [4.78, 5) is 44.1. The molecule has 0 unspecified atom stereocenters. The molecule has 0 spiro atoms. The fourth-order valence-electron chi connectivity index (χ4n) is 3.75. The molecule has 2 aliphatic heterocycles. The van der Waals surface area contributed by atoms with Gasteiger partial charge in [0.1, 0.15) is 0 Å². The van der Waals surface area contributed by atoms with E-state index in [-0.39, 0.29) is 30.7 Å². The van der Waals surface area contributed by atoms with E-state index in [2.05, 4.69) is 20.5 Å². The molecule has 2 N–H and O–H groups in total. The third-order valence-corrected chi connectivity index (χ3v) is 6.38. The molecule has 5 rings (SSSR count). The average molecular weight is 452 g/mol. The van der Waals surface area contributed by atoms with Crippen molar-refractivity contribution in [3.63, 3.8) is 0 Å². The number of ether oxygens (including phenoxy) is 1. The van der Waals surface area contributed by atoms with Crippen LogP contribution in [0.2, 0.25) is 0 Å². The van der Waals surface area contributed by atoms with Gasteiger partial charge in [0.05, 0.1) is 23.4 Å². The monoisotopic (exact) mass is 451 g/mol. The Kier molecular flexibility index (Phi) is 5.46. The molecule has 32 heavy (non-hydrogen) atoms. The Morgan fingerprint density at radius 1 is 0.938 bits per heavy atom. The number of morpholine rings is 1. The molecule has 1 aromatic heterocycles. The second-order valence-electron chi connectivity index (χ2n) is 7.53. The quantitative estimate of drug-likeness (QED) is 0.589. The van der Waals surface area contributed by atoms with Gasteiger partial charge in [-0.1, -0.05) is 11.3 Å². The number of rotatable bonds is 4. The van der Waals surface area contributed by atoms with Gasteiger partial charge in [-0.15, -0.1) is 0 Å². The smallest absolute Gasteiger partial charge is 0.323 e. The van der Waals surface area contributed by atoms with Gasteiger partial charge >= 0.3 is 6.03 Å². The van der Waals surface area contributed by atoms with Gasteiger partial charge in [0.2, 0.25) is 11.8 Å². The predicted molar refractivity (Wildman–Crippen MR) is 123 cm³/mol. The highest BCUT2D eigenvalue weighted by Gasteiger charge is 2.32. The van der Waals surface area contributed by atoms with Crippen molar-refractivity contribution in [3.8, 4) is 0 Å². The van der Waals surface area contributed by atoms with Crippen LogP contribution in [-0.4, -0.2) is 49.1 Å². The first-order chi connectivity index (χ1) is 15.6. The largest absolute Gasteiger partial charge is 0.378 e. The third-order valence-electron chi connectivity index (χ3n) is 5.38. The zero-order valence-corrected chi connectivity index (χ0v) is 18.0. The number of thiazole rings is 1. The number of hydrogen-bond acceptors (Lipinski definition) is 7. The van der Waals surface area contributed by atoms with E-state index in [0.29, 0.717) is 22.0 Å². The van der Waals surface area contributed by atoms with Crippen LogP contribution in [0.5, 0.6) is 0 Å². The maximum absolute atomic E-state index is 12.4. The van der Waals surface area contributed by atoms with E-state index >= 15 is 0 Å². The second kappa shape index (κ2) is 8.56. The minimum Gasteiger partial charge on any atom is -0.378 e. The Labute approximate surface area is 188 Å². The van der Waals surface area contributed by atoms with E-state index in [1.54, 1.807) is 18.2 Å². The molecule has 0 aliphatic carbocycles. The highest BCUT2D eigenvalue weighted by molar-refractivity contribution is 7.22. The lowest BCUT2D eigenvalue weighted by Crippen LogP contribution is -2.36. The second-order valence-corrected chi connectivity index (χ2v) is 8.54. The zero-order chi connectivity index (χ0) is 22.1. The van der Waals surface area contributed by atoms with Gasteiger partial charge in [-0.3, -0.25) is 9.59 Å². The summed E-state index contributed by atoms with van der Waals surface area (Å²) in [5, 5.41) is 6.01. The molecular formula is C22H21N5O4S. The van der Waals surface area contributed by atoms with Crippen LogP contribution in [0.4, 0.5) is 27.0 Å². The van der Waals surface area contributed by atoms with Crippen LogP contribution in [0.25, 0.3) is 10.2 Å². The van der Waals surface area contributed by atoms with Gasteiger partial charge in [-0.2, -0.15) is 0 Å². The number of benzene rings is 2. The first-order valence-corrected chi connectivity index (χ1v) is 11.2. The molecule has 0 radical (unpaired) electrons. The minimum atomic E-state index is -0.363. The molecule has 2 fully saturated rings. The van der Waals surface area contributed by atoms with Crippen molar-refractivity contribution >= 4 is 61.6 Å². The van der Waals surface area contributed by atoms with E-state index < -0.39 is 0 Å². The minimum absolute atomic E-state index is 0.217. The van der Waals surface area contributed by atoms with Crippen LogP contribution < -0.4 is 20.4 Å². The Balaban J connectivity index is 1.24. The fourth-order valence-corrected chi connectivity index (χ4v) is 4.79. The highest BCUT2D eigenvalue weighted by Crippen LogP contribution is 2.33. The number of amides is 4. The van der Waals surface area contributed by atoms with Gasteiger partial charge in [-0.25, -0.2) is 14.7 Å². The number of carbonyl (C=O) groups excluding carboxylic acids is 3. The lowest BCUT2D eigenvalue weighted by molar-refractivity contribution is -0.121. The Bertz CT molecular complexity index is 1170. The van der Waals surface area contributed by atoms with E-state index in [1.807, 2.05) is 24.3 Å². The number of nitrogens with one attached hydrogen (secondary N) is 2. The topological polar surface area (TPSA) is 104 Å². The van der Waals surface area contributed by atoms with Crippen molar-refractivity contribution in [3.05, 3.63) is 42.5 Å². The first-order valence-electron chi connectivity index (χ1n) is 10.3. The Hall–Kier alpha value is -3.50. The van der Waals surface area contributed by atoms with Crippen molar-refractivity contribution in [1.82, 2.24) is 4.98 Å². The van der Waals surface area contributed by atoms with Crippen molar-refractivity contribution in [2.45, 2.75) is 12.8 Å². The van der Waals surface area contributed by atoms with Crippen LogP contribution in [0.3, 0.4) is 0 Å². The lowest BCUT2D eigenvalue weighted by Gasteiger charge is -2.28. The number of nitrogens with zero attached hydrogens (tertiary/aromatic N) is 3. The molecule has 10 heteroatoms. The summed E-state index contributed by atoms with van der Waals surface area (Å²) in [6.45, 7) is 3.15. The summed E-state index contributed by atoms with van der Waals surface area (Å²) >= 11 is 1.25. The fraction of sp³-hybridized carbons (Fsp3) is 0.273. The summed E-state index contributed by atoms with van der Waals surface area (Å²) in [5.74, 6) is -0.460. The molecular weight excluding hydrogens is 430 g/mol. The van der Waals surface area contributed by atoms with Gasteiger partial charge in [0, 0.05) is 43.0 Å². The normalized spacial score (nSPS) is 16.6. The maximum Gasteiger partial charge on any atom is 0.323 e. The van der Waals surface area contributed by atoms with Crippen molar-refractivity contribution in [1.29, 1.82) is 0 Å². The van der Waals surface area contributed by atoms with E-state index in [1.165, 1.54) is 11.3 Å². The Morgan fingerprint density at radius 3 is 2.31 bits per heavy atom. The van der Waals surface area contributed by atoms with Gasteiger partial charge in [-0.05, 0) is 42.5 Å². The summed E-state index contributed by atoms with van der Waals surface area (Å²) < 4.78 is 6.15. The SMILES string of the molecule is O=C(Nc1ccc(N2CCOCC2)cc1)Nc1ccc2nc(N3C(=O)CCC3=O)sc2c1. The molecule has 3 aromatic rings. The van der Waals surface area contributed by atoms with Crippen LogP contribution >= 0.6 is 11.3 Å². The molecule has 4 amide bonds. The van der Waals surface area contributed by atoms with Crippen molar-refractivity contribution in [2.75, 3.05) is 46.7 Å². The lowest BCUT2D eigenvalue weighted by atomic mass is 10.2. The average Bonchev–Trinajstić information content (AvgIpc) is 3.36. The molecule has 2 saturated heterocycles. The molecule has 2 aliphatic rings. The van der Waals surface area contributed by atoms with Crippen LogP contribution in [-0.2, 0) is 14.3 Å². The molecule has 0 saturated carbocycles. The predicted octanol–water partition coefficient (Wildman–Crippen LogP) is 3.43.